The summed E-state index contributed by atoms with van der Waals surface area (Å²) in [4.78, 5) is 0. The number of hydrogen-bond acceptors (Lipinski definition) is 0. The van der Waals surface area contributed by atoms with Crippen LogP contribution >= 0.6 is 0 Å². The number of benzene rings is 10. The Labute approximate surface area is 336 Å². The van der Waals surface area contributed by atoms with Gasteiger partial charge in [-0.25, -0.2) is 0 Å². The van der Waals surface area contributed by atoms with Gasteiger partial charge >= 0.3 is 0 Å². The lowest BCUT2D eigenvalue weighted by molar-refractivity contribution is 1.18. The fourth-order valence-corrected chi connectivity index (χ4v) is 9.63. The van der Waals surface area contributed by atoms with Gasteiger partial charge in [0.1, 0.15) is 0 Å². The Morgan fingerprint density at radius 3 is 1.40 bits per heavy atom. The minimum absolute atomic E-state index is 1.16. The molecule has 0 aliphatic rings. The van der Waals surface area contributed by atoms with Crippen LogP contribution in [-0.4, -0.2) is 9.13 Å². The second-order valence-electron chi connectivity index (χ2n) is 15.2. The molecule has 0 aliphatic carbocycles. The molecule has 2 nitrogen and oxygen atoms in total. The highest BCUT2D eigenvalue weighted by molar-refractivity contribution is 6.22. The summed E-state index contributed by atoms with van der Waals surface area (Å²) in [6, 6.07) is 80.0. The Bertz CT molecular complexity index is 3490. The molecule has 0 bridgehead atoms. The largest absolute Gasteiger partial charge is 0.309 e. The molecule has 0 fully saturated rings. The van der Waals surface area contributed by atoms with Gasteiger partial charge in [0.15, 0.2) is 0 Å². The first kappa shape index (κ1) is 32.6. The Morgan fingerprint density at radius 1 is 0.241 bits per heavy atom. The molecule has 12 rings (SSSR count). The maximum atomic E-state index is 2.50. The van der Waals surface area contributed by atoms with Crippen LogP contribution in [0, 0.1) is 0 Å². The third kappa shape index (κ3) is 4.85. The van der Waals surface area contributed by atoms with Crippen molar-refractivity contribution in [2.75, 3.05) is 0 Å². The average molecular weight is 737 g/mol. The van der Waals surface area contributed by atoms with Crippen LogP contribution in [0.25, 0.3) is 110 Å². The van der Waals surface area contributed by atoms with E-state index < -0.39 is 0 Å². The summed E-state index contributed by atoms with van der Waals surface area (Å²) in [7, 11) is 0. The summed E-state index contributed by atoms with van der Waals surface area (Å²) in [6.45, 7) is 0. The lowest BCUT2D eigenvalue weighted by atomic mass is 9.85. The Balaban J connectivity index is 1.11. The molecule has 58 heavy (non-hydrogen) atoms. The van der Waals surface area contributed by atoms with E-state index in [1.54, 1.807) is 0 Å². The summed E-state index contributed by atoms with van der Waals surface area (Å²) in [5, 5.41) is 10.00. The van der Waals surface area contributed by atoms with E-state index >= 15 is 0 Å². The second kappa shape index (κ2) is 12.9. The van der Waals surface area contributed by atoms with Crippen molar-refractivity contribution >= 4 is 65.2 Å². The molecular weight excluding hydrogens is 701 g/mol. The van der Waals surface area contributed by atoms with Crippen LogP contribution in [0.2, 0.25) is 0 Å². The molecule has 0 saturated carbocycles. The third-order valence-electron chi connectivity index (χ3n) is 12.1. The van der Waals surface area contributed by atoms with Crippen molar-refractivity contribution in [1.29, 1.82) is 0 Å². The Kier molecular flexibility index (Phi) is 7.26. The van der Waals surface area contributed by atoms with Crippen LogP contribution in [0.3, 0.4) is 0 Å². The molecule has 12 aromatic rings. The smallest absolute Gasteiger partial charge is 0.0547 e. The SMILES string of the molecule is c1ccc(-c2c3ccccc3c(-c3ccccc3-n3c4ccccc4c4ccc(-c5ccc6c(c5)c5ccccc5n6-c5ccccc5)cc43)c3ccccc23)cc1. The number of nitrogens with zero attached hydrogens (tertiary/aromatic N) is 2. The van der Waals surface area contributed by atoms with Crippen molar-refractivity contribution in [1.82, 2.24) is 9.13 Å². The summed E-state index contributed by atoms with van der Waals surface area (Å²) < 4.78 is 4.88. The third-order valence-corrected chi connectivity index (χ3v) is 12.1. The molecule has 2 aromatic heterocycles. The molecule has 0 N–H and O–H groups in total. The fourth-order valence-electron chi connectivity index (χ4n) is 9.63. The molecule has 0 radical (unpaired) electrons. The molecule has 2 heteroatoms. The topological polar surface area (TPSA) is 9.86 Å². The van der Waals surface area contributed by atoms with E-state index in [1.807, 2.05) is 0 Å². The summed E-state index contributed by atoms with van der Waals surface area (Å²) in [5.41, 5.74) is 14.5. The second-order valence-corrected chi connectivity index (χ2v) is 15.2. The van der Waals surface area contributed by atoms with Crippen molar-refractivity contribution in [3.8, 4) is 44.8 Å². The van der Waals surface area contributed by atoms with Crippen LogP contribution in [0.1, 0.15) is 0 Å². The Hall–Kier alpha value is -7.68. The van der Waals surface area contributed by atoms with E-state index in [9.17, 15) is 0 Å². The van der Waals surface area contributed by atoms with E-state index in [-0.39, 0.29) is 0 Å². The molecule has 0 saturated heterocycles. The van der Waals surface area contributed by atoms with Crippen molar-refractivity contribution in [3.05, 3.63) is 218 Å². The number of fused-ring (bicyclic) bond motifs is 8. The normalized spacial score (nSPS) is 11.8. The standard InChI is InChI=1S/C56H36N2/c1-3-17-37(18-4-1)55-44-23-7-9-25-46(44)56(47-26-10-8-24-45(47)55)48-27-13-16-30-52(48)58-51-29-15-11-21-41(51)43-33-31-39(36-54(43)58)38-32-34-53-49(35-38)42-22-12-14-28-50(42)57(53)40-19-5-2-6-20-40/h1-36H. The van der Waals surface area contributed by atoms with Gasteiger partial charge in [-0.3, -0.25) is 0 Å². The summed E-state index contributed by atoms with van der Waals surface area (Å²) >= 11 is 0. The van der Waals surface area contributed by atoms with Gasteiger partial charge in [0.05, 0.1) is 27.8 Å². The predicted octanol–water partition coefficient (Wildman–Crippen LogP) is 15.2. The highest BCUT2D eigenvalue weighted by Crippen LogP contribution is 2.46. The number of para-hydroxylation sites is 4. The van der Waals surface area contributed by atoms with Crippen LogP contribution < -0.4 is 0 Å². The monoisotopic (exact) mass is 736 g/mol. The highest BCUT2D eigenvalue weighted by atomic mass is 15.0. The maximum Gasteiger partial charge on any atom is 0.0547 e. The van der Waals surface area contributed by atoms with E-state index in [1.165, 1.54) is 104 Å². The molecule has 10 aromatic carbocycles. The van der Waals surface area contributed by atoms with Gasteiger partial charge in [0.25, 0.3) is 0 Å². The van der Waals surface area contributed by atoms with Crippen molar-refractivity contribution in [2.24, 2.45) is 0 Å². The van der Waals surface area contributed by atoms with Crippen LogP contribution in [0.4, 0.5) is 0 Å². The highest BCUT2D eigenvalue weighted by Gasteiger charge is 2.21. The van der Waals surface area contributed by atoms with Gasteiger partial charge in [-0.05, 0) is 97.9 Å². The van der Waals surface area contributed by atoms with E-state index in [4.69, 9.17) is 0 Å². The Morgan fingerprint density at radius 2 is 0.707 bits per heavy atom. The predicted molar refractivity (Wildman–Crippen MR) is 246 cm³/mol. The average Bonchev–Trinajstić information content (AvgIpc) is 3.81. The van der Waals surface area contributed by atoms with Gasteiger partial charge in [-0.1, -0.05) is 170 Å². The number of hydrogen-bond donors (Lipinski definition) is 0. The van der Waals surface area contributed by atoms with Crippen molar-refractivity contribution < 1.29 is 0 Å². The van der Waals surface area contributed by atoms with Gasteiger partial charge in [-0.2, -0.15) is 0 Å². The van der Waals surface area contributed by atoms with Gasteiger partial charge in [0, 0.05) is 32.8 Å². The number of aromatic nitrogens is 2. The molecular formula is C56H36N2. The quantitative estimate of drug-likeness (QED) is 0.156. The van der Waals surface area contributed by atoms with Crippen LogP contribution in [0.5, 0.6) is 0 Å². The molecule has 270 valence electrons. The van der Waals surface area contributed by atoms with E-state index in [2.05, 4.69) is 228 Å². The molecule has 2 heterocycles. The van der Waals surface area contributed by atoms with Crippen LogP contribution in [0.15, 0.2) is 218 Å². The first-order chi connectivity index (χ1) is 28.8. The van der Waals surface area contributed by atoms with Crippen LogP contribution in [-0.2, 0) is 0 Å². The zero-order chi connectivity index (χ0) is 38.2. The molecule has 0 spiro atoms. The first-order valence-corrected chi connectivity index (χ1v) is 20.0. The number of rotatable bonds is 5. The molecule has 0 aliphatic heterocycles. The molecule has 0 unspecified atom stereocenters. The summed E-state index contributed by atoms with van der Waals surface area (Å²) in [5.74, 6) is 0. The molecule has 0 amide bonds. The van der Waals surface area contributed by atoms with Gasteiger partial charge < -0.3 is 9.13 Å². The lowest BCUT2D eigenvalue weighted by Gasteiger charge is -2.20. The minimum atomic E-state index is 1.16. The maximum absolute atomic E-state index is 2.50. The first-order valence-electron chi connectivity index (χ1n) is 20.0. The lowest BCUT2D eigenvalue weighted by Crippen LogP contribution is -1.99. The van der Waals surface area contributed by atoms with Crippen molar-refractivity contribution in [3.63, 3.8) is 0 Å². The van der Waals surface area contributed by atoms with Gasteiger partial charge in [0.2, 0.25) is 0 Å². The zero-order valence-corrected chi connectivity index (χ0v) is 31.7. The fraction of sp³-hybridized carbons (Fsp3) is 0. The molecule has 0 atom stereocenters. The van der Waals surface area contributed by atoms with E-state index in [0.717, 1.165) is 5.69 Å². The van der Waals surface area contributed by atoms with Gasteiger partial charge in [-0.15, -0.1) is 0 Å². The zero-order valence-electron chi connectivity index (χ0n) is 31.7. The summed E-state index contributed by atoms with van der Waals surface area (Å²) in [6.07, 6.45) is 0. The van der Waals surface area contributed by atoms with E-state index in [0.29, 0.717) is 0 Å². The van der Waals surface area contributed by atoms with Crippen molar-refractivity contribution in [2.45, 2.75) is 0 Å². The minimum Gasteiger partial charge on any atom is -0.309 e.